The van der Waals surface area contributed by atoms with Crippen molar-refractivity contribution < 1.29 is 9.32 Å². The molecule has 1 aromatic carbocycles. The highest BCUT2D eigenvalue weighted by Crippen LogP contribution is 2.26. The fourth-order valence-corrected chi connectivity index (χ4v) is 2.47. The van der Waals surface area contributed by atoms with Gasteiger partial charge in [0.1, 0.15) is 0 Å². The highest BCUT2D eigenvalue weighted by molar-refractivity contribution is 7.93. The van der Waals surface area contributed by atoms with E-state index in [-0.39, 0.29) is 6.61 Å². The molecule has 0 amide bonds. The Bertz CT molecular complexity index is 444. The lowest BCUT2D eigenvalue weighted by atomic mass is 10.2. The quantitative estimate of drug-likeness (QED) is 0.815. The minimum atomic E-state index is -2.82. The minimum absolute atomic E-state index is 0.0898. The summed E-state index contributed by atoms with van der Waals surface area (Å²) in [4.78, 5) is 0.488. The van der Waals surface area contributed by atoms with Gasteiger partial charge in [-0.1, -0.05) is 12.1 Å². The van der Waals surface area contributed by atoms with E-state index in [0.29, 0.717) is 10.5 Å². The second-order valence-electron chi connectivity index (χ2n) is 4.47. The standard InChI is InChI=1S/C11H17NO2S/c1-11(2,3)15(12,14)10-6-4-5-9(7-10)8-13/h4-7,12-13H,8H2,1-3H3/t15-/m0/s1. The van der Waals surface area contributed by atoms with E-state index < -0.39 is 14.5 Å². The zero-order valence-electron chi connectivity index (χ0n) is 9.28. The van der Waals surface area contributed by atoms with Crippen molar-refractivity contribution in [3.05, 3.63) is 29.8 Å². The summed E-state index contributed by atoms with van der Waals surface area (Å²) in [5, 5.41) is 8.98. The van der Waals surface area contributed by atoms with Crippen LogP contribution in [-0.2, 0) is 16.3 Å². The Balaban J connectivity index is 3.29. The molecular weight excluding hydrogens is 210 g/mol. The summed E-state index contributed by atoms with van der Waals surface area (Å²) in [5.74, 6) is 0. The third kappa shape index (κ3) is 2.38. The molecule has 2 N–H and O–H groups in total. The first kappa shape index (κ1) is 12.2. The Hall–Kier alpha value is -0.870. The summed E-state index contributed by atoms with van der Waals surface area (Å²) in [6, 6.07) is 6.79. The first-order valence-corrected chi connectivity index (χ1v) is 6.33. The smallest absolute Gasteiger partial charge is 0.0776 e. The molecule has 0 aromatic heterocycles. The van der Waals surface area contributed by atoms with E-state index in [1.165, 1.54) is 0 Å². The van der Waals surface area contributed by atoms with Crippen LogP contribution in [0.3, 0.4) is 0 Å². The van der Waals surface area contributed by atoms with Gasteiger partial charge in [-0.05, 0) is 38.5 Å². The van der Waals surface area contributed by atoms with Crippen LogP contribution in [0.25, 0.3) is 0 Å². The minimum Gasteiger partial charge on any atom is -0.392 e. The first-order valence-electron chi connectivity index (χ1n) is 4.77. The van der Waals surface area contributed by atoms with Gasteiger partial charge >= 0.3 is 0 Å². The molecular formula is C11H17NO2S. The maximum Gasteiger partial charge on any atom is 0.0776 e. The summed E-state index contributed by atoms with van der Waals surface area (Å²) in [6.07, 6.45) is 0. The predicted molar refractivity (Wildman–Crippen MR) is 61.2 cm³/mol. The van der Waals surface area contributed by atoms with Gasteiger partial charge in [0.25, 0.3) is 0 Å². The van der Waals surface area contributed by atoms with E-state index in [4.69, 9.17) is 9.89 Å². The van der Waals surface area contributed by atoms with Crippen molar-refractivity contribution in [2.24, 2.45) is 0 Å². The lowest BCUT2D eigenvalue weighted by molar-refractivity contribution is 0.281. The summed E-state index contributed by atoms with van der Waals surface area (Å²) >= 11 is 0. The van der Waals surface area contributed by atoms with Crippen molar-refractivity contribution in [2.75, 3.05) is 0 Å². The van der Waals surface area contributed by atoms with Crippen LogP contribution in [0, 0.1) is 4.78 Å². The molecule has 0 bridgehead atoms. The van der Waals surface area contributed by atoms with Crippen molar-refractivity contribution in [3.63, 3.8) is 0 Å². The van der Waals surface area contributed by atoms with Crippen molar-refractivity contribution in [3.8, 4) is 0 Å². The van der Waals surface area contributed by atoms with Crippen LogP contribution < -0.4 is 0 Å². The summed E-state index contributed by atoms with van der Waals surface area (Å²) in [7, 11) is -2.82. The number of benzene rings is 1. The van der Waals surface area contributed by atoms with Crippen molar-refractivity contribution in [2.45, 2.75) is 37.0 Å². The van der Waals surface area contributed by atoms with Crippen LogP contribution in [0.4, 0.5) is 0 Å². The average molecular weight is 227 g/mol. The second kappa shape index (κ2) is 3.94. The normalized spacial score (nSPS) is 16.0. The first-order chi connectivity index (χ1) is 6.79. The second-order valence-corrected chi connectivity index (χ2v) is 7.28. The maximum absolute atomic E-state index is 12.3. The van der Waals surface area contributed by atoms with Gasteiger partial charge in [0.2, 0.25) is 0 Å². The molecule has 0 unspecified atom stereocenters. The molecule has 1 rings (SSSR count). The van der Waals surface area contributed by atoms with E-state index >= 15 is 0 Å². The Kier molecular flexibility index (Phi) is 3.21. The van der Waals surface area contributed by atoms with Crippen LogP contribution >= 0.6 is 0 Å². The number of aliphatic hydroxyl groups excluding tert-OH is 1. The van der Waals surface area contributed by atoms with Gasteiger partial charge < -0.3 is 5.11 Å². The molecule has 0 aliphatic rings. The molecule has 0 aliphatic heterocycles. The molecule has 0 heterocycles. The molecule has 0 saturated carbocycles. The molecule has 0 saturated heterocycles. The SMILES string of the molecule is CC(C)(C)[S@@](=N)(=O)c1cccc(CO)c1. The van der Waals surface area contributed by atoms with Crippen molar-refractivity contribution in [1.29, 1.82) is 4.78 Å². The lowest BCUT2D eigenvalue weighted by Gasteiger charge is -2.22. The predicted octanol–water partition coefficient (Wildman–Crippen LogP) is 2.38. The van der Waals surface area contributed by atoms with E-state index in [0.717, 1.165) is 0 Å². The number of hydrogen-bond donors (Lipinski definition) is 2. The Morgan fingerprint density at radius 3 is 2.47 bits per heavy atom. The van der Waals surface area contributed by atoms with Crippen molar-refractivity contribution in [1.82, 2.24) is 0 Å². The lowest BCUT2D eigenvalue weighted by Crippen LogP contribution is -2.26. The van der Waals surface area contributed by atoms with Crippen LogP contribution in [0.15, 0.2) is 29.2 Å². The van der Waals surface area contributed by atoms with Gasteiger partial charge in [-0.15, -0.1) is 0 Å². The molecule has 84 valence electrons. The molecule has 0 fully saturated rings. The average Bonchev–Trinajstić information content (AvgIpc) is 2.16. The van der Waals surface area contributed by atoms with Gasteiger partial charge in [0.05, 0.1) is 16.3 Å². The Morgan fingerprint density at radius 2 is 2.00 bits per heavy atom. The molecule has 3 nitrogen and oxygen atoms in total. The highest BCUT2D eigenvalue weighted by Gasteiger charge is 2.26. The molecule has 1 atom stereocenters. The van der Waals surface area contributed by atoms with Crippen LogP contribution in [0.2, 0.25) is 0 Å². The fourth-order valence-electron chi connectivity index (χ4n) is 1.18. The number of aliphatic hydroxyl groups is 1. The summed E-state index contributed by atoms with van der Waals surface area (Å²) < 4.78 is 19.6. The van der Waals surface area contributed by atoms with E-state index in [2.05, 4.69) is 0 Å². The van der Waals surface area contributed by atoms with Gasteiger partial charge in [-0.25, -0.2) is 8.99 Å². The van der Waals surface area contributed by atoms with Gasteiger partial charge in [0, 0.05) is 9.64 Å². The number of hydrogen-bond acceptors (Lipinski definition) is 3. The van der Waals surface area contributed by atoms with Gasteiger partial charge in [-0.2, -0.15) is 0 Å². The Morgan fingerprint density at radius 1 is 1.40 bits per heavy atom. The molecule has 0 aliphatic carbocycles. The molecule has 4 heteroatoms. The number of rotatable bonds is 2. The van der Waals surface area contributed by atoms with E-state index in [1.807, 2.05) is 0 Å². The summed E-state index contributed by atoms with van der Waals surface area (Å²) in [6.45, 7) is 5.27. The van der Waals surface area contributed by atoms with Crippen molar-refractivity contribution >= 4 is 9.73 Å². The topological polar surface area (TPSA) is 61.2 Å². The largest absolute Gasteiger partial charge is 0.392 e. The zero-order chi connectivity index (χ0) is 11.7. The van der Waals surface area contributed by atoms with Gasteiger partial charge in [-0.3, -0.25) is 0 Å². The third-order valence-electron chi connectivity index (χ3n) is 2.28. The molecule has 1 aromatic rings. The van der Waals surface area contributed by atoms with Crippen LogP contribution in [0.1, 0.15) is 26.3 Å². The highest BCUT2D eigenvalue weighted by atomic mass is 32.2. The monoisotopic (exact) mass is 227 g/mol. The third-order valence-corrected chi connectivity index (χ3v) is 4.92. The van der Waals surface area contributed by atoms with E-state index in [1.54, 1.807) is 45.0 Å². The number of nitrogens with one attached hydrogen (secondary N) is 1. The van der Waals surface area contributed by atoms with Gasteiger partial charge in [0.15, 0.2) is 0 Å². The van der Waals surface area contributed by atoms with Crippen LogP contribution in [0.5, 0.6) is 0 Å². The Labute approximate surface area is 91.1 Å². The molecule has 15 heavy (non-hydrogen) atoms. The maximum atomic E-state index is 12.3. The summed E-state index contributed by atoms with van der Waals surface area (Å²) in [5.41, 5.74) is 0.691. The van der Waals surface area contributed by atoms with Crippen LogP contribution in [-0.4, -0.2) is 14.1 Å². The fraction of sp³-hybridized carbons (Fsp3) is 0.455. The van der Waals surface area contributed by atoms with E-state index in [9.17, 15) is 4.21 Å². The zero-order valence-corrected chi connectivity index (χ0v) is 10.1. The molecule has 0 spiro atoms. The molecule has 0 radical (unpaired) electrons.